The minimum absolute atomic E-state index is 0.445. The molecule has 88 valence electrons. The lowest BCUT2D eigenvalue weighted by atomic mass is 10.0. The van der Waals surface area contributed by atoms with Crippen molar-refractivity contribution < 1.29 is 9.84 Å². The van der Waals surface area contributed by atoms with Gasteiger partial charge in [-0.3, -0.25) is 0 Å². The molecular weight excluding hydrogens is 268 g/mol. The Morgan fingerprint density at radius 3 is 2.75 bits per heavy atom. The lowest BCUT2D eigenvalue weighted by Gasteiger charge is -2.12. The van der Waals surface area contributed by atoms with Crippen LogP contribution in [-0.4, -0.2) is 12.2 Å². The van der Waals surface area contributed by atoms with Crippen LogP contribution in [0.4, 0.5) is 0 Å². The van der Waals surface area contributed by atoms with Gasteiger partial charge in [-0.25, -0.2) is 0 Å². The monoisotopic (exact) mass is 284 g/mol. The molecule has 0 amide bonds. The molecule has 0 heterocycles. The Morgan fingerprint density at radius 2 is 2.25 bits per heavy atom. The minimum atomic E-state index is -0.445. The highest BCUT2D eigenvalue weighted by Crippen LogP contribution is 2.29. The number of aliphatic hydroxyl groups is 1. The molecule has 0 bridgehead atoms. The van der Waals surface area contributed by atoms with Crippen LogP contribution in [0.25, 0.3) is 0 Å². The molecule has 1 aromatic carbocycles. The van der Waals surface area contributed by atoms with E-state index in [1.165, 1.54) is 0 Å². The first-order chi connectivity index (χ1) is 7.54. The first kappa shape index (κ1) is 13.3. The third kappa shape index (κ3) is 3.65. The zero-order chi connectivity index (χ0) is 12.1. The Morgan fingerprint density at radius 1 is 1.56 bits per heavy atom. The van der Waals surface area contributed by atoms with Crippen LogP contribution < -0.4 is 4.74 Å². The summed E-state index contributed by atoms with van der Waals surface area (Å²) in [7, 11) is 1.62. The van der Waals surface area contributed by atoms with Crippen LogP contribution in [0, 0.1) is 0 Å². The van der Waals surface area contributed by atoms with E-state index in [-0.39, 0.29) is 0 Å². The van der Waals surface area contributed by atoms with Gasteiger partial charge in [0.1, 0.15) is 5.75 Å². The maximum atomic E-state index is 9.95. The number of rotatable bonds is 5. The van der Waals surface area contributed by atoms with Gasteiger partial charge in [-0.2, -0.15) is 0 Å². The van der Waals surface area contributed by atoms with Crippen LogP contribution in [0.1, 0.15) is 31.4 Å². The van der Waals surface area contributed by atoms with Crippen molar-refractivity contribution in [1.82, 2.24) is 0 Å². The van der Waals surface area contributed by atoms with Crippen molar-refractivity contribution in [3.05, 3.63) is 40.4 Å². The maximum Gasteiger partial charge on any atom is 0.133 e. The summed E-state index contributed by atoms with van der Waals surface area (Å²) in [4.78, 5) is 0. The lowest BCUT2D eigenvalue weighted by Crippen LogP contribution is -1.98. The van der Waals surface area contributed by atoms with Crippen molar-refractivity contribution >= 4 is 15.9 Å². The van der Waals surface area contributed by atoms with E-state index < -0.39 is 6.10 Å². The van der Waals surface area contributed by atoms with Crippen LogP contribution in [0.5, 0.6) is 5.75 Å². The molecule has 1 atom stereocenters. The fraction of sp³-hybridized carbons (Fsp3) is 0.385. The molecule has 0 aliphatic heterocycles. The molecule has 1 N–H and O–H groups in total. The lowest BCUT2D eigenvalue weighted by molar-refractivity contribution is 0.167. The minimum Gasteiger partial charge on any atom is -0.496 e. The number of hydrogen-bond acceptors (Lipinski definition) is 2. The van der Waals surface area contributed by atoms with E-state index in [0.717, 1.165) is 27.8 Å². The van der Waals surface area contributed by atoms with Crippen molar-refractivity contribution in [2.75, 3.05) is 7.11 Å². The third-order valence-corrected chi connectivity index (χ3v) is 3.02. The van der Waals surface area contributed by atoms with Crippen molar-refractivity contribution in [3.63, 3.8) is 0 Å². The topological polar surface area (TPSA) is 29.5 Å². The summed E-state index contributed by atoms with van der Waals surface area (Å²) < 4.78 is 6.00. The van der Waals surface area contributed by atoms with Crippen LogP contribution in [-0.2, 0) is 0 Å². The molecule has 0 aliphatic rings. The van der Waals surface area contributed by atoms with Gasteiger partial charge in [-0.05, 0) is 53.4 Å². The average Bonchev–Trinajstić information content (AvgIpc) is 2.25. The molecule has 0 saturated heterocycles. The Balaban J connectivity index is 2.72. The van der Waals surface area contributed by atoms with E-state index in [9.17, 15) is 5.11 Å². The number of halogens is 1. The van der Waals surface area contributed by atoms with Gasteiger partial charge in [0.15, 0.2) is 0 Å². The van der Waals surface area contributed by atoms with Crippen molar-refractivity contribution in [3.8, 4) is 5.75 Å². The molecule has 16 heavy (non-hydrogen) atoms. The zero-order valence-electron chi connectivity index (χ0n) is 9.66. The van der Waals surface area contributed by atoms with Crippen LogP contribution >= 0.6 is 15.9 Å². The molecule has 0 radical (unpaired) electrons. The molecule has 1 rings (SSSR count). The zero-order valence-corrected chi connectivity index (χ0v) is 11.3. The highest BCUT2D eigenvalue weighted by Gasteiger charge is 2.09. The number of aliphatic hydroxyl groups excluding tert-OH is 1. The van der Waals surface area contributed by atoms with E-state index in [1.807, 2.05) is 25.1 Å². The fourth-order valence-electron chi connectivity index (χ4n) is 1.44. The summed E-state index contributed by atoms with van der Waals surface area (Å²) in [5.74, 6) is 0.774. The highest BCUT2D eigenvalue weighted by atomic mass is 79.9. The van der Waals surface area contributed by atoms with Crippen LogP contribution in [0.3, 0.4) is 0 Å². The van der Waals surface area contributed by atoms with Gasteiger partial charge in [0.25, 0.3) is 0 Å². The van der Waals surface area contributed by atoms with E-state index >= 15 is 0 Å². The Labute approximate surface area is 105 Å². The average molecular weight is 285 g/mol. The van der Waals surface area contributed by atoms with Gasteiger partial charge in [0.05, 0.1) is 17.7 Å². The summed E-state index contributed by atoms with van der Waals surface area (Å²) in [5.41, 5.74) is 1.99. The quantitative estimate of drug-likeness (QED) is 0.833. The molecular formula is C13H17BrO2. The van der Waals surface area contributed by atoms with Crippen LogP contribution in [0.2, 0.25) is 0 Å². The van der Waals surface area contributed by atoms with Gasteiger partial charge in [0, 0.05) is 0 Å². The molecule has 1 aromatic rings. The second-order valence-electron chi connectivity index (χ2n) is 3.91. The summed E-state index contributed by atoms with van der Waals surface area (Å²) in [5, 5.41) is 9.95. The van der Waals surface area contributed by atoms with Gasteiger partial charge >= 0.3 is 0 Å². The van der Waals surface area contributed by atoms with E-state index in [1.54, 1.807) is 7.11 Å². The predicted octanol–water partition coefficient (Wildman–Crippen LogP) is 3.85. The summed E-state index contributed by atoms with van der Waals surface area (Å²) in [6, 6.07) is 5.62. The largest absolute Gasteiger partial charge is 0.496 e. The smallest absolute Gasteiger partial charge is 0.133 e. The molecule has 0 aliphatic carbocycles. The van der Waals surface area contributed by atoms with Crippen molar-refractivity contribution in [2.45, 2.75) is 25.9 Å². The van der Waals surface area contributed by atoms with Gasteiger partial charge < -0.3 is 9.84 Å². The molecule has 3 heteroatoms. The molecule has 1 unspecified atom stereocenters. The molecule has 0 aromatic heterocycles. The first-order valence-corrected chi connectivity index (χ1v) is 5.99. The number of ether oxygens (including phenoxy) is 1. The highest BCUT2D eigenvalue weighted by molar-refractivity contribution is 9.10. The van der Waals surface area contributed by atoms with Gasteiger partial charge in [0.2, 0.25) is 0 Å². The number of allylic oxidation sites excluding steroid dienone is 1. The van der Waals surface area contributed by atoms with Crippen LogP contribution in [0.15, 0.2) is 34.8 Å². The molecule has 0 saturated carbocycles. The Hall–Kier alpha value is -0.800. The Bertz CT molecular complexity index is 374. The SMILES string of the molecule is C=C(C)CCC(O)c1ccc(OC)c(Br)c1. The van der Waals surface area contributed by atoms with E-state index in [4.69, 9.17) is 4.74 Å². The maximum absolute atomic E-state index is 9.95. The standard InChI is InChI=1S/C13H17BrO2/c1-9(2)4-6-12(15)10-5-7-13(16-3)11(14)8-10/h5,7-8,12,15H,1,4,6H2,2-3H3. The second-order valence-corrected chi connectivity index (χ2v) is 4.76. The first-order valence-electron chi connectivity index (χ1n) is 5.20. The summed E-state index contributed by atoms with van der Waals surface area (Å²) in [6.45, 7) is 5.79. The fourth-order valence-corrected chi connectivity index (χ4v) is 2.00. The predicted molar refractivity (Wildman–Crippen MR) is 69.7 cm³/mol. The van der Waals surface area contributed by atoms with E-state index in [2.05, 4.69) is 22.5 Å². The number of hydrogen-bond donors (Lipinski definition) is 1. The third-order valence-electron chi connectivity index (χ3n) is 2.41. The molecule has 0 fully saturated rings. The summed E-state index contributed by atoms with van der Waals surface area (Å²) in [6.07, 6.45) is 1.10. The number of methoxy groups -OCH3 is 1. The van der Waals surface area contributed by atoms with Gasteiger partial charge in [-0.15, -0.1) is 6.58 Å². The van der Waals surface area contributed by atoms with Crippen molar-refractivity contribution in [1.29, 1.82) is 0 Å². The molecule has 2 nitrogen and oxygen atoms in total. The molecule has 0 spiro atoms. The van der Waals surface area contributed by atoms with E-state index in [0.29, 0.717) is 6.42 Å². The van der Waals surface area contributed by atoms with Crippen molar-refractivity contribution in [2.24, 2.45) is 0 Å². The second kappa shape index (κ2) is 6.06. The summed E-state index contributed by atoms with van der Waals surface area (Å²) >= 11 is 3.40. The number of benzene rings is 1. The Kier molecular flexibility index (Phi) is 5.03. The van der Waals surface area contributed by atoms with Gasteiger partial charge in [-0.1, -0.05) is 11.6 Å². The normalized spacial score (nSPS) is 12.2.